The van der Waals surface area contributed by atoms with E-state index in [9.17, 15) is 8.78 Å². The molecule has 0 saturated heterocycles. The number of rotatable bonds is 4. The molecular weight excluding hydrogens is 200 g/mol. The van der Waals surface area contributed by atoms with Crippen LogP contribution >= 0.6 is 0 Å². The van der Waals surface area contributed by atoms with Crippen molar-refractivity contribution >= 4 is 0 Å². The highest BCUT2D eigenvalue weighted by Gasteiger charge is 2.13. The summed E-state index contributed by atoms with van der Waals surface area (Å²) >= 11 is 0. The lowest BCUT2D eigenvalue weighted by Gasteiger charge is -2.14. The third kappa shape index (κ3) is 2.97. The van der Waals surface area contributed by atoms with Gasteiger partial charge in [-0.05, 0) is 30.5 Å². The summed E-state index contributed by atoms with van der Waals surface area (Å²) in [6, 6.07) is 4.07. The molecule has 84 valence electrons. The summed E-state index contributed by atoms with van der Waals surface area (Å²) in [7, 11) is 0. The van der Waals surface area contributed by atoms with Crippen molar-refractivity contribution in [2.24, 2.45) is 5.73 Å². The van der Waals surface area contributed by atoms with Crippen LogP contribution in [-0.4, -0.2) is 11.7 Å². The zero-order valence-electron chi connectivity index (χ0n) is 8.58. The normalized spacial score (nSPS) is 13.2. The predicted molar refractivity (Wildman–Crippen MR) is 54.8 cm³/mol. The second kappa shape index (κ2) is 5.19. The van der Waals surface area contributed by atoms with Crippen LogP contribution in [0.25, 0.3) is 0 Å². The van der Waals surface area contributed by atoms with E-state index in [0.29, 0.717) is 12.0 Å². The van der Waals surface area contributed by atoms with Gasteiger partial charge in [-0.25, -0.2) is 8.78 Å². The van der Waals surface area contributed by atoms with Gasteiger partial charge in [0.05, 0.1) is 0 Å². The lowest BCUT2D eigenvalue weighted by atomic mass is 9.97. The van der Waals surface area contributed by atoms with Gasteiger partial charge < -0.3 is 10.8 Å². The molecule has 2 nitrogen and oxygen atoms in total. The van der Waals surface area contributed by atoms with E-state index in [0.717, 1.165) is 5.56 Å². The monoisotopic (exact) mass is 215 g/mol. The summed E-state index contributed by atoms with van der Waals surface area (Å²) in [4.78, 5) is 0. The molecule has 0 spiro atoms. The number of hydrogen-bond donors (Lipinski definition) is 2. The average molecular weight is 215 g/mol. The van der Waals surface area contributed by atoms with Crippen molar-refractivity contribution in [3.05, 3.63) is 34.9 Å². The maximum Gasteiger partial charge on any atom is 0.263 e. The van der Waals surface area contributed by atoms with Crippen molar-refractivity contribution < 1.29 is 13.9 Å². The Bertz CT molecular complexity index is 328. The van der Waals surface area contributed by atoms with Gasteiger partial charge in [0.25, 0.3) is 6.43 Å². The molecule has 0 fully saturated rings. The molecule has 1 aromatic carbocycles. The number of aliphatic hydroxyl groups excluding tert-OH is 1. The van der Waals surface area contributed by atoms with Gasteiger partial charge >= 0.3 is 0 Å². The summed E-state index contributed by atoms with van der Waals surface area (Å²) in [5.41, 5.74) is 7.30. The van der Waals surface area contributed by atoms with E-state index < -0.39 is 6.43 Å². The van der Waals surface area contributed by atoms with E-state index >= 15 is 0 Å². The van der Waals surface area contributed by atoms with Crippen LogP contribution in [0.15, 0.2) is 18.2 Å². The third-order valence-corrected chi connectivity index (χ3v) is 2.39. The molecule has 3 N–H and O–H groups in total. The lowest BCUT2D eigenvalue weighted by Crippen LogP contribution is -2.13. The average Bonchev–Trinajstić information content (AvgIpc) is 2.18. The molecule has 0 aliphatic rings. The van der Waals surface area contributed by atoms with Gasteiger partial charge in [-0.1, -0.05) is 12.1 Å². The van der Waals surface area contributed by atoms with E-state index in [-0.39, 0.29) is 18.2 Å². The maximum absolute atomic E-state index is 12.4. The number of aryl methyl sites for hydroxylation is 1. The second-order valence-electron chi connectivity index (χ2n) is 3.54. The van der Waals surface area contributed by atoms with Crippen molar-refractivity contribution in [1.82, 2.24) is 0 Å². The molecule has 0 radical (unpaired) electrons. The molecule has 1 rings (SSSR count). The highest BCUT2D eigenvalue weighted by molar-refractivity contribution is 5.33. The molecule has 0 aliphatic carbocycles. The van der Waals surface area contributed by atoms with Crippen molar-refractivity contribution in [2.75, 3.05) is 6.61 Å². The first-order chi connectivity index (χ1) is 7.06. The van der Waals surface area contributed by atoms with Gasteiger partial charge in [-0.3, -0.25) is 0 Å². The van der Waals surface area contributed by atoms with Gasteiger partial charge in [-0.2, -0.15) is 0 Å². The topological polar surface area (TPSA) is 46.2 Å². The first-order valence-corrected chi connectivity index (χ1v) is 4.81. The van der Waals surface area contributed by atoms with Gasteiger partial charge in [0, 0.05) is 18.2 Å². The molecule has 0 saturated carbocycles. The fourth-order valence-electron chi connectivity index (χ4n) is 1.49. The molecule has 0 aromatic heterocycles. The molecule has 0 bridgehead atoms. The minimum Gasteiger partial charge on any atom is -0.396 e. The Hall–Kier alpha value is -1.00. The van der Waals surface area contributed by atoms with Crippen LogP contribution in [0.4, 0.5) is 8.78 Å². The maximum atomic E-state index is 12.4. The van der Waals surface area contributed by atoms with E-state index in [1.807, 2.05) is 6.92 Å². The Morgan fingerprint density at radius 3 is 2.60 bits per heavy atom. The molecule has 1 aromatic rings. The molecule has 0 aliphatic heterocycles. The predicted octanol–water partition coefficient (Wildman–Crippen LogP) is 2.31. The molecule has 4 heteroatoms. The van der Waals surface area contributed by atoms with Crippen LogP contribution in [0.2, 0.25) is 0 Å². The first-order valence-electron chi connectivity index (χ1n) is 4.81. The van der Waals surface area contributed by atoms with Crippen LogP contribution in [0, 0.1) is 6.92 Å². The molecule has 1 unspecified atom stereocenters. The first kappa shape index (κ1) is 12.1. The Morgan fingerprint density at radius 1 is 1.40 bits per heavy atom. The van der Waals surface area contributed by atoms with Crippen molar-refractivity contribution in [3.8, 4) is 0 Å². The number of hydrogen-bond acceptors (Lipinski definition) is 2. The lowest BCUT2D eigenvalue weighted by molar-refractivity contribution is 0.151. The van der Waals surface area contributed by atoms with Gasteiger partial charge in [-0.15, -0.1) is 0 Å². The van der Waals surface area contributed by atoms with Crippen molar-refractivity contribution in [3.63, 3.8) is 0 Å². The van der Waals surface area contributed by atoms with Crippen molar-refractivity contribution in [1.29, 1.82) is 0 Å². The van der Waals surface area contributed by atoms with E-state index in [1.165, 1.54) is 12.1 Å². The number of nitrogens with two attached hydrogens (primary N) is 1. The molecular formula is C11H15F2NO. The van der Waals surface area contributed by atoms with E-state index in [1.54, 1.807) is 6.07 Å². The second-order valence-corrected chi connectivity index (χ2v) is 3.54. The highest BCUT2D eigenvalue weighted by atomic mass is 19.3. The molecule has 0 amide bonds. The van der Waals surface area contributed by atoms with E-state index in [2.05, 4.69) is 0 Å². The van der Waals surface area contributed by atoms with Crippen molar-refractivity contribution in [2.45, 2.75) is 25.8 Å². The fraction of sp³-hybridized carbons (Fsp3) is 0.455. The smallest absolute Gasteiger partial charge is 0.263 e. The minimum atomic E-state index is -2.48. The largest absolute Gasteiger partial charge is 0.396 e. The fourth-order valence-corrected chi connectivity index (χ4v) is 1.49. The molecule has 0 heterocycles. The van der Waals surface area contributed by atoms with Crippen LogP contribution in [0.1, 0.15) is 35.6 Å². The molecule has 1 atom stereocenters. The Morgan fingerprint density at radius 2 is 2.07 bits per heavy atom. The minimum absolute atomic E-state index is 0.0241. The van der Waals surface area contributed by atoms with Gasteiger partial charge in [0.1, 0.15) is 0 Å². The Labute approximate surface area is 87.7 Å². The zero-order valence-corrected chi connectivity index (χ0v) is 8.58. The van der Waals surface area contributed by atoms with Gasteiger partial charge in [0.2, 0.25) is 0 Å². The van der Waals surface area contributed by atoms with E-state index in [4.69, 9.17) is 10.8 Å². The third-order valence-electron chi connectivity index (χ3n) is 2.39. The number of aliphatic hydroxyl groups is 1. The van der Waals surface area contributed by atoms with Crippen LogP contribution in [0.5, 0.6) is 0 Å². The number of alkyl halides is 2. The standard InChI is InChI=1S/C11H15F2NO/c1-7-2-3-8(11(12)13)6-9(7)10(14)4-5-15/h2-3,6,10-11,15H,4-5,14H2,1H3. The van der Waals surface area contributed by atoms with Crippen LogP contribution < -0.4 is 5.73 Å². The summed E-state index contributed by atoms with van der Waals surface area (Å²) in [5, 5.41) is 8.74. The SMILES string of the molecule is Cc1ccc(C(F)F)cc1C(N)CCO. The Kier molecular flexibility index (Phi) is 4.17. The van der Waals surface area contributed by atoms with Crippen LogP contribution in [0.3, 0.4) is 0 Å². The molecule has 15 heavy (non-hydrogen) atoms. The Balaban J connectivity index is 2.99. The summed E-state index contributed by atoms with van der Waals surface area (Å²) in [5.74, 6) is 0. The summed E-state index contributed by atoms with van der Waals surface area (Å²) in [6.45, 7) is 1.78. The summed E-state index contributed by atoms with van der Waals surface area (Å²) < 4.78 is 24.9. The summed E-state index contributed by atoms with van der Waals surface area (Å²) in [6.07, 6.45) is -2.10. The number of halogens is 2. The number of benzene rings is 1. The quantitative estimate of drug-likeness (QED) is 0.809. The van der Waals surface area contributed by atoms with Gasteiger partial charge in [0.15, 0.2) is 0 Å². The highest BCUT2D eigenvalue weighted by Crippen LogP contribution is 2.25. The zero-order chi connectivity index (χ0) is 11.4. The van der Waals surface area contributed by atoms with Crippen LogP contribution in [-0.2, 0) is 0 Å².